The topological polar surface area (TPSA) is 51.8 Å². The normalized spacial score (nSPS) is 40.1. The third-order valence-corrected chi connectivity index (χ3v) is 5.25. The molecule has 0 bridgehead atoms. The van der Waals surface area contributed by atoms with Gasteiger partial charge in [0.25, 0.3) is 0 Å². The van der Waals surface area contributed by atoms with E-state index in [0.717, 1.165) is 37.0 Å². The summed E-state index contributed by atoms with van der Waals surface area (Å²) in [6, 6.07) is 1.89. The Kier molecular flexibility index (Phi) is 2.41. The van der Waals surface area contributed by atoms with E-state index in [1.165, 1.54) is 0 Å². The summed E-state index contributed by atoms with van der Waals surface area (Å²) < 4.78 is 17.5. The van der Waals surface area contributed by atoms with Crippen LogP contribution in [0.2, 0.25) is 0 Å². The Hall–Kier alpha value is -0.840. The van der Waals surface area contributed by atoms with Gasteiger partial charge in [-0.3, -0.25) is 0 Å². The summed E-state index contributed by atoms with van der Waals surface area (Å²) >= 11 is 0. The molecule has 1 aromatic heterocycles. The van der Waals surface area contributed by atoms with Crippen molar-refractivity contribution >= 4 is 0 Å². The van der Waals surface area contributed by atoms with Gasteiger partial charge in [0.2, 0.25) is 0 Å². The lowest BCUT2D eigenvalue weighted by atomic mass is 9.57. The number of hydrogen-bond donors (Lipinski definition) is 1. The molecule has 1 N–H and O–H groups in total. The zero-order valence-corrected chi connectivity index (χ0v) is 11.2. The molecule has 1 aromatic rings. The minimum Gasteiger partial charge on any atom is -0.469 e. The Morgan fingerprint density at radius 1 is 1.26 bits per heavy atom. The van der Waals surface area contributed by atoms with Crippen molar-refractivity contribution in [1.29, 1.82) is 0 Å². The summed E-state index contributed by atoms with van der Waals surface area (Å²) in [5, 5.41) is 10.8. The Bertz CT molecular complexity index is 488. The zero-order chi connectivity index (χ0) is 13.1. The quantitative estimate of drug-likeness (QED) is 0.782. The molecule has 1 saturated heterocycles. The van der Waals surface area contributed by atoms with Crippen molar-refractivity contribution in [3.05, 3.63) is 23.7 Å². The molecule has 1 aliphatic heterocycles. The van der Waals surface area contributed by atoms with Crippen LogP contribution >= 0.6 is 0 Å². The van der Waals surface area contributed by atoms with Gasteiger partial charge in [-0.05, 0) is 24.3 Å². The number of rotatable bonds is 0. The summed E-state index contributed by atoms with van der Waals surface area (Å²) in [5.74, 6) is 0.351. The molecule has 3 aliphatic rings. The zero-order valence-electron chi connectivity index (χ0n) is 11.2. The van der Waals surface area contributed by atoms with Gasteiger partial charge in [0.1, 0.15) is 5.76 Å². The van der Waals surface area contributed by atoms with Crippen LogP contribution < -0.4 is 0 Å². The molecule has 4 heteroatoms. The van der Waals surface area contributed by atoms with E-state index in [2.05, 4.69) is 6.92 Å². The lowest BCUT2D eigenvalue weighted by Crippen LogP contribution is -2.56. The Balaban J connectivity index is 1.82. The van der Waals surface area contributed by atoms with E-state index in [1.807, 2.05) is 6.07 Å². The van der Waals surface area contributed by atoms with Crippen LogP contribution in [0.15, 0.2) is 16.7 Å². The van der Waals surface area contributed by atoms with E-state index in [4.69, 9.17) is 13.9 Å². The number of furan rings is 1. The van der Waals surface area contributed by atoms with Crippen LogP contribution in [0.4, 0.5) is 0 Å². The van der Waals surface area contributed by atoms with E-state index in [0.29, 0.717) is 13.2 Å². The minimum atomic E-state index is -0.582. The first kappa shape index (κ1) is 11.9. The van der Waals surface area contributed by atoms with E-state index in [1.54, 1.807) is 6.26 Å². The average molecular weight is 264 g/mol. The van der Waals surface area contributed by atoms with Crippen LogP contribution in [0.5, 0.6) is 0 Å². The lowest BCUT2D eigenvalue weighted by molar-refractivity contribution is -0.270. The van der Waals surface area contributed by atoms with Gasteiger partial charge in [0.15, 0.2) is 5.79 Å². The second kappa shape index (κ2) is 3.84. The van der Waals surface area contributed by atoms with Gasteiger partial charge in [0.05, 0.1) is 25.6 Å². The highest BCUT2D eigenvalue weighted by Crippen LogP contribution is 2.59. The van der Waals surface area contributed by atoms with Crippen LogP contribution in [0.25, 0.3) is 0 Å². The SMILES string of the molecule is C[C@]12CCCC3(OCCO3)[C@H]1[C@@H](O)c1ccoc1C2. The van der Waals surface area contributed by atoms with Gasteiger partial charge >= 0.3 is 0 Å². The molecule has 3 atom stereocenters. The first-order chi connectivity index (χ1) is 9.15. The van der Waals surface area contributed by atoms with Gasteiger partial charge in [-0.2, -0.15) is 0 Å². The Labute approximate surface area is 112 Å². The molecule has 104 valence electrons. The lowest BCUT2D eigenvalue weighted by Gasteiger charge is -2.54. The maximum absolute atomic E-state index is 10.8. The summed E-state index contributed by atoms with van der Waals surface area (Å²) in [6.07, 6.45) is 5.05. The molecule has 1 saturated carbocycles. The second-order valence-electron chi connectivity index (χ2n) is 6.41. The van der Waals surface area contributed by atoms with Crippen LogP contribution in [0.3, 0.4) is 0 Å². The summed E-state index contributed by atoms with van der Waals surface area (Å²) in [7, 11) is 0. The predicted octanol–water partition coefficient (Wildman–Crippen LogP) is 2.42. The predicted molar refractivity (Wildman–Crippen MR) is 67.5 cm³/mol. The third-order valence-electron chi connectivity index (χ3n) is 5.25. The van der Waals surface area contributed by atoms with E-state index < -0.39 is 11.9 Å². The largest absolute Gasteiger partial charge is 0.469 e. The third kappa shape index (κ3) is 1.51. The van der Waals surface area contributed by atoms with Crippen molar-refractivity contribution < 1.29 is 19.0 Å². The molecule has 0 unspecified atom stereocenters. The van der Waals surface area contributed by atoms with Crippen molar-refractivity contribution in [3.8, 4) is 0 Å². The first-order valence-corrected chi connectivity index (χ1v) is 7.17. The Morgan fingerprint density at radius 3 is 2.84 bits per heavy atom. The summed E-state index contributed by atoms with van der Waals surface area (Å²) in [6.45, 7) is 3.51. The maximum Gasteiger partial charge on any atom is 0.174 e. The molecule has 4 nitrogen and oxygen atoms in total. The van der Waals surface area contributed by atoms with Crippen molar-refractivity contribution in [1.82, 2.24) is 0 Å². The number of ether oxygens (including phenoxy) is 2. The van der Waals surface area contributed by atoms with Gasteiger partial charge in [-0.15, -0.1) is 0 Å². The molecule has 19 heavy (non-hydrogen) atoms. The standard InChI is InChI=1S/C15H20O4/c1-14-4-2-5-15(18-7-8-19-15)13(14)12(16)10-3-6-17-11(10)9-14/h3,6,12-13,16H,2,4-5,7-9H2,1H3/t12-,13-,14+/m0/s1. The highest BCUT2D eigenvalue weighted by molar-refractivity contribution is 5.28. The molecule has 0 amide bonds. The van der Waals surface area contributed by atoms with Crippen LogP contribution in [-0.2, 0) is 15.9 Å². The second-order valence-corrected chi connectivity index (χ2v) is 6.41. The smallest absolute Gasteiger partial charge is 0.174 e. The minimum absolute atomic E-state index is 0.00125. The van der Waals surface area contributed by atoms with Crippen molar-refractivity contribution in [2.75, 3.05) is 13.2 Å². The first-order valence-electron chi connectivity index (χ1n) is 7.17. The fourth-order valence-electron chi connectivity index (χ4n) is 4.50. The Morgan fingerprint density at radius 2 is 2.05 bits per heavy atom. The summed E-state index contributed by atoms with van der Waals surface area (Å²) in [5.41, 5.74) is 0.912. The monoisotopic (exact) mass is 264 g/mol. The summed E-state index contributed by atoms with van der Waals surface area (Å²) in [4.78, 5) is 0. The highest BCUT2D eigenvalue weighted by Gasteiger charge is 2.60. The van der Waals surface area contributed by atoms with E-state index in [-0.39, 0.29) is 11.3 Å². The highest BCUT2D eigenvalue weighted by atomic mass is 16.7. The maximum atomic E-state index is 10.8. The molecule has 1 spiro atoms. The average Bonchev–Trinajstić information content (AvgIpc) is 2.98. The molecule has 2 fully saturated rings. The van der Waals surface area contributed by atoms with Gasteiger partial charge in [-0.1, -0.05) is 6.92 Å². The molecular formula is C15H20O4. The molecule has 2 aliphatic carbocycles. The van der Waals surface area contributed by atoms with Gasteiger partial charge in [-0.25, -0.2) is 0 Å². The number of aliphatic hydroxyl groups excluding tert-OH is 1. The van der Waals surface area contributed by atoms with Crippen molar-refractivity contribution in [2.24, 2.45) is 11.3 Å². The van der Waals surface area contributed by atoms with Crippen molar-refractivity contribution in [3.63, 3.8) is 0 Å². The van der Waals surface area contributed by atoms with E-state index >= 15 is 0 Å². The number of fused-ring (bicyclic) bond motifs is 3. The number of hydrogen-bond acceptors (Lipinski definition) is 4. The molecule has 0 radical (unpaired) electrons. The van der Waals surface area contributed by atoms with Gasteiger partial charge in [0, 0.05) is 24.3 Å². The van der Waals surface area contributed by atoms with Crippen LogP contribution in [-0.4, -0.2) is 24.1 Å². The molecular weight excluding hydrogens is 244 g/mol. The fraction of sp³-hybridized carbons (Fsp3) is 0.733. The van der Waals surface area contributed by atoms with Crippen LogP contribution in [0.1, 0.15) is 43.6 Å². The fourth-order valence-corrected chi connectivity index (χ4v) is 4.50. The van der Waals surface area contributed by atoms with Crippen LogP contribution in [0, 0.1) is 11.3 Å². The molecule has 4 rings (SSSR count). The molecule has 2 heterocycles. The molecule has 0 aromatic carbocycles. The van der Waals surface area contributed by atoms with E-state index in [9.17, 15) is 5.11 Å². The number of aliphatic hydroxyl groups is 1. The van der Waals surface area contributed by atoms with Gasteiger partial charge < -0.3 is 19.0 Å². The van der Waals surface area contributed by atoms with Crippen molar-refractivity contribution in [2.45, 2.75) is 44.5 Å².